The number of aromatic nitrogens is 2. The highest BCUT2D eigenvalue weighted by molar-refractivity contribution is 6.08. The van der Waals surface area contributed by atoms with Gasteiger partial charge in [0.05, 0.1) is 33.0 Å². The molecule has 8 heteroatoms. The van der Waals surface area contributed by atoms with E-state index in [0.717, 1.165) is 5.56 Å². The molecule has 0 fully saturated rings. The summed E-state index contributed by atoms with van der Waals surface area (Å²) >= 11 is 0. The minimum atomic E-state index is -0.335. The van der Waals surface area contributed by atoms with Crippen LogP contribution in [0.2, 0.25) is 0 Å². The molecular formula is C23H26N4O4. The van der Waals surface area contributed by atoms with Crippen LogP contribution >= 0.6 is 0 Å². The van der Waals surface area contributed by atoms with Crippen molar-refractivity contribution in [3.05, 3.63) is 71.4 Å². The number of anilines is 2. The van der Waals surface area contributed by atoms with Crippen molar-refractivity contribution in [1.82, 2.24) is 9.97 Å². The summed E-state index contributed by atoms with van der Waals surface area (Å²) in [5.74, 6) is 0.770. The smallest absolute Gasteiger partial charge is 0.259 e. The van der Waals surface area contributed by atoms with Crippen molar-refractivity contribution in [2.75, 3.05) is 31.4 Å². The minimum Gasteiger partial charge on any atom is -0.481 e. The lowest BCUT2D eigenvalue weighted by atomic mass is 10.2. The number of pyridine rings is 2. The molecule has 0 unspecified atom stereocenters. The van der Waals surface area contributed by atoms with Gasteiger partial charge in [0.25, 0.3) is 5.91 Å². The van der Waals surface area contributed by atoms with E-state index >= 15 is 0 Å². The zero-order valence-corrected chi connectivity index (χ0v) is 17.8. The van der Waals surface area contributed by atoms with E-state index in [9.17, 15) is 4.79 Å². The van der Waals surface area contributed by atoms with Crippen molar-refractivity contribution >= 4 is 17.4 Å². The molecule has 0 atom stereocenters. The second-order valence-electron chi connectivity index (χ2n) is 6.57. The molecule has 8 nitrogen and oxygen atoms in total. The van der Waals surface area contributed by atoms with Gasteiger partial charge in [-0.25, -0.2) is 4.98 Å². The van der Waals surface area contributed by atoms with Crippen LogP contribution in [-0.4, -0.2) is 36.6 Å². The lowest BCUT2D eigenvalue weighted by Gasteiger charge is -2.17. The highest BCUT2D eigenvalue weighted by Crippen LogP contribution is 2.32. The topological polar surface area (TPSA) is 94.6 Å². The molecule has 1 amide bonds. The van der Waals surface area contributed by atoms with Gasteiger partial charge in [0.2, 0.25) is 11.8 Å². The van der Waals surface area contributed by atoms with Gasteiger partial charge in [-0.05, 0) is 24.6 Å². The number of carbonyl (C=O) groups excluding carboxylic acids is 1. The first kappa shape index (κ1) is 22.0. The van der Waals surface area contributed by atoms with Gasteiger partial charge in [-0.1, -0.05) is 30.3 Å². The van der Waals surface area contributed by atoms with Gasteiger partial charge < -0.3 is 24.8 Å². The predicted molar refractivity (Wildman–Crippen MR) is 119 cm³/mol. The third kappa shape index (κ3) is 5.70. The summed E-state index contributed by atoms with van der Waals surface area (Å²) in [6.45, 7) is 3.24. The molecule has 1 aromatic carbocycles. The molecule has 2 aromatic heterocycles. The number of hydrogen-bond acceptors (Lipinski definition) is 7. The van der Waals surface area contributed by atoms with Crippen LogP contribution in [0.3, 0.4) is 0 Å². The lowest BCUT2D eigenvalue weighted by Crippen LogP contribution is -2.18. The van der Waals surface area contributed by atoms with Gasteiger partial charge in [-0.3, -0.25) is 4.79 Å². The Labute approximate surface area is 181 Å². The quantitative estimate of drug-likeness (QED) is 0.512. The zero-order chi connectivity index (χ0) is 22.1. The fourth-order valence-electron chi connectivity index (χ4n) is 2.98. The van der Waals surface area contributed by atoms with E-state index in [-0.39, 0.29) is 18.4 Å². The standard InChI is InChI=1S/C23H26N4O4/c1-4-24-21-18(11-8-12-25-21)22(28)27-20-17(13-19(29-2)26-23(20)30-3)15-31-14-16-9-6-5-7-10-16/h5-13H,4,14-15H2,1-3H3,(H,24,25)(H,27,28). The summed E-state index contributed by atoms with van der Waals surface area (Å²) in [4.78, 5) is 21.6. The normalized spacial score (nSPS) is 10.4. The molecule has 2 N–H and O–H groups in total. The number of nitrogens with one attached hydrogen (secondary N) is 2. The summed E-state index contributed by atoms with van der Waals surface area (Å²) in [6.07, 6.45) is 1.63. The summed E-state index contributed by atoms with van der Waals surface area (Å²) in [6, 6.07) is 15.0. The Kier molecular flexibility index (Phi) is 7.78. The van der Waals surface area contributed by atoms with Crippen LogP contribution in [0.4, 0.5) is 11.5 Å². The largest absolute Gasteiger partial charge is 0.481 e. The molecule has 0 aliphatic rings. The SMILES string of the molecule is CCNc1ncccc1C(=O)Nc1c(COCc2ccccc2)cc(OC)nc1OC. The predicted octanol–water partition coefficient (Wildman–Crippen LogP) is 3.89. The number of benzene rings is 1. The number of hydrogen-bond donors (Lipinski definition) is 2. The van der Waals surface area contributed by atoms with Crippen molar-refractivity contribution in [3.63, 3.8) is 0 Å². The maximum absolute atomic E-state index is 13.0. The first-order valence-electron chi connectivity index (χ1n) is 9.90. The number of methoxy groups -OCH3 is 2. The minimum absolute atomic E-state index is 0.229. The first-order chi connectivity index (χ1) is 15.2. The highest BCUT2D eigenvalue weighted by Gasteiger charge is 2.19. The van der Waals surface area contributed by atoms with Crippen molar-refractivity contribution in [1.29, 1.82) is 0 Å². The van der Waals surface area contributed by atoms with Gasteiger partial charge >= 0.3 is 0 Å². The number of amides is 1. The Morgan fingerprint density at radius 2 is 1.84 bits per heavy atom. The van der Waals surface area contributed by atoms with E-state index < -0.39 is 0 Å². The average Bonchev–Trinajstić information content (AvgIpc) is 2.81. The van der Waals surface area contributed by atoms with E-state index in [4.69, 9.17) is 14.2 Å². The Balaban J connectivity index is 1.86. The van der Waals surface area contributed by atoms with Gasteiger partial charge in [-0.2, -0.15) is 4.98 Å². The molecule has 0 spiro atoms. The maximum Gasteiger partial charge on any atom is 0.259 e. The van der Waals surface area contributed by atoms with Crippen LogP contribution in [0.1, 0.15) is 28.4 Å². The summed E-state index contributed by atoms with van der Waals surface area (Å²) in [5, 5.41) is 6.00. The number of carbonyl (C=O) groups is 1. The Morgan fingerprint density at radius 1 is 1.03 bits per heavy atom. The Morgan fingerprint density at radius 3 is 2.55 bits per heavy atom. The van der Waals surface area contributed by atoms with Crippen LogP contribution in [0.15, 0.2) is 54.7 Å². The second-order valence-corrected chi connectivity index (χ2v) is 6.57. The number of ether oxygens (including phenoxy) is 3. The molecule has 0 aliphatic heterocycles. The maximum atomic E-state index is 13.0. The summed E-state index contributed by atoms with van der Waals surface area (Å²) in [7, 11) is 3.01. The average molecular weight is 422 g/mol. The summed E-state index contributed by atoms with van der Waals surface area (Å²) in [5.41, 5.74) is 2.57. The van der Waals surface area contributed by atoms with E-state index in [1.807, 2.05) is 37.3 Å². The van der Waals surface area contributed by atoms with Crippen LogP contribution in [0.5, 0.6) is 11.8 Å². The van der Waals surface area contributed by atoms with Crippen molar-refractivity contribution < 1.29 is 19.0 Å². The van der Waals surface area contributed by atoms with Crippen molar-refractivity contribution in [2.24, 2.45) is 0 Å². The molecule has 0 saturated heterocycles. The Hall–Kier alpha value is -3.65. The fourth-order valence-corrected chi connectivity index (χ4v) is 2.98. The molecule has 0 bridgehead atoms. The molecule has 3 aromatic rings. The third-order valence-corrected chi connectivity index (χ3v) is 4.45. The fraction of sp³-hybridized carbons (Fsp3) is 0.261. The monoisotopic (exact) mass is 422 g/mol. The summed E-state index contributed by atoms with van der Waals surface area (Å²) < 4.78 is 16.6. The van der Waals surface area contributed by atoms with Crippen LogP contribution in [0, 0.1) is 0 Å². The van der Waals surface area contributed by atoms with Crippen LogP contribution < -0.4 is 20.1 Å². The van der Waals surface area contributed by atoms with E-state index in [1.54, 1.807) is 24.4 Å². The molecule has 2 heterocycles. The molecule has 0 radical (unpaired) electrons. The van der Waals surface area contributed by atoms with Crippen LogP contribution in [0.25, 0.3) is 0 Å². The van der Waals surface area contributed by atoms with Crippen molar-refractivity contribution in [3.8, 4) is 11.8 Å². The van der Waals surface area contributed by atoms with Gasteiger partial charge in [0.1, 0.15) is 11.5 Å². The molecule has 31 heavy (non-hydrogen) atoms. The zero-order valence-electron chi connectivity index (χ0n) is 17.8. The molecule has 0 saturated carbocycles. The highest BCUT2D eigenvalue weighted by atomic mass is 16.5. The van der Waals surface area contributed by atoms with Gasteiger partial charge in [0.15, 0.2) is 0 Å². The van der Waals surface area contributed by atoms with E-state index in [1.165, 1.54) is 14.2 Å². The van der Waals surface area contributed by atoms with E-state index in [2.05, 4.69) is 20.6 Å². The Bertz CT molecular complexity index is 1010. The number of nitrogens with zero attached hydrogens (tertiary/aromatic N) is 2. The molecule has 162 valence electrons. The van der Waals surface area contributed by atoms with Gasteiger partial charge in [0, 0.05) is 24.4 Å². The second kappa shape index (κ2) is 10.9. The molecule has 0 aliphatic carbocycles. The third-order valence-electron chi connectivity index (χ3n) is 4.45. The van der Waals surface area contributed by atoms with Crippen LogP contribution in [-0.2, 0) is 18.0 Å². The number of rotatable bonds is 10. The molecular weight excluding hydrogens is 396 g/mol. The molecule has 3 rings (SSSR count). The lowest BCUT2D eigenvalue weighted by molar-refractivity contribution is 0.102. The van der Waals surface area contributed by atoms with Crippen molar-refractivity contribution in [2.45, 2.75) is 20.1 Å². The van der Waals surface area contributed by atoms with Gasteiger partial charge in [-0.15, -0.1) is 0 Å². The first-order valence-corrected chi connectivity index (χ1v) is 9.90. The van der Waals surface area contributed by atoms with E-state index in [0.29, 0.717) is 41.7 Å².